The van der Waals surface area contributed by atoms with Crippen LogP contribution in [0.15, 0.2) is 18.3 Å². The Morgan fingerprint density at radius 1 is 1.32 bits per heavy atom. The molecule has 1 aromatic heterocycles. The standard InChI is InChI=1S/C18H24N2O5/c21-17(22)11-14-12-24-9-8-20(14)18(23)13-6-7-19-16(10-13)25-15-4-2-1-3-5-15/h6-7,10,14-15H,1-5,8-9,11-12H2,(H,21,22)/t14-/m1/s1. The molecule has 2 heterocycles. The fourth-order valence-electron chi connectivity index (χ4n) is 3.42. The molecular formula is C18H24N2O5. The Labute approximate surface area is 146 Å². The highest BCUT2D eigenvalue weighted by atomic mass is 16.5. The second-order valence-corrected chi connectivity index (χ2v) is 6.59. The molecule has 2 aliphatic rings. The highest BCUT2D eigenvalue weighted by Gasteiger charge is 2.30. The fraction of sp³-hybridized carbons (Fsp3) is 0.611. The second kappa shape index (κ2) is 8.29. The van der Waals surface area contributed by atoms with E-state index in [0.717, 1.165) is 25.7 Å². The van der Waals surface area contributed by atoms with Crippen molar-refractivity contribution in [2.45, 2.75) is 50.7 Å². The lowest BCUT2D eigenvalue weighted by atomic mass is 9.98. The minimum atomic E-state index is -0.940. The van der Waals surface area contributed by atoms with Crippen molar-refractivity contribution in [1.29, 1.82) is 0 Å². The van der Waals surface area contributed by atoms with Crippen molar-refractivity contribution >= 4 is 11.9 Å². The summed E-state index contributed by atoms with van der Waals surface area (Å²) >= 11 is 0. The van der Waals surface area contributed by atoms with Crippen LogP contribution in [-0.2, 0) is 9.53 Å². The largest absolute Gasteiger partial charge is 0.481 e. The third kappa shape index (κ3) is 4.69. The number of hydrogen-bond donors (Lipinski definition) is 1. The molecule has 1 aliphatic carbocycles. The number of morpholine rings is 1. The van der Waals surface area contributed by atoms with Crippen molar-refractivity contribution in [2.24, 2.45) is 0 Å². The third-order valence-electron chi connectivity index (χ3n) is 4.72. The molecule has 7 heteroatoms. The number of pyridine rings is 1. The van der Waals surface area contributed by atoms with E-state index in [9.17, 15) is 9.59 Å². The third-order valence-corrected chi connectivity index (χ3v) is 4.72. The first-order chi connectivity index (χ1) is 12.1. The van der Waals surface area contributed by atoms with Crippen LogP contribution < -0.4 is 4.74 Å². The van der Waals surface area contributed by atoms with Gasteiger partial charge in [0.05, 0.1) is 25.7 Å². The van der Waals surface area contributed by atoms with Gasteiger partial charge in [-0.3, -0.25) is 9.59 Å². The summed E-state index contributed by atoms with van der Waals surface area (Å²) in [6, 6.07) is 2.85. The Hall–Kier alpha value is -2.15. The number of ether oxygens (including phenoxy) is 2. The number of carboxylic acid groups (broad SMARTS) is 1. The van der Waals surface area contributed by atoms with E-state index in [1.165, 1.54) is 6.42 Å². The average molecular weight is 348 g/mol. The van der Waals surface area contributed by atoms with Gasteiger partial charge in [0.15, 0.2) is 0 Å². The smallest absolute Gasteiger partial charge is 0.305 e. The Morgan fingerprint density at radius 3 is 2.88 bits per heavy atom. The molecular weight excluding hydrogens is 324 g/mol. The van der Waals surface area contributed by atoms with Crippen LogP contribution in [0.1, 0.15) is 48.9 Å². The number of aliphatic carboxylic acids is 1. The van der Waals surface area contributed by atoms with Gasteiger partial charge in [-0.1, -0.05) is 6.42 Å². The van der Waals surface area contributed by atoms with E-state index >= 15 is 0 Å². The number of aromatic nitrogens is 1. The van der Waals surface area contributed by atoms with Crippen LogP contribution >= 0.6 is 0 Å². The van der Waals surface area contributed by atoms with E-state index in [1.54, 1.807) is 23.2 Å². The molecule has 1 aliphatic heterocycles. The molecule has 1 atom stereocenters. The summed E-state index contributed by atoms with van der Waals surface area (Å²) in [6.07, 6.45) is 7.21. The molecule has 1 saturated carbocycles. The Bertz CT molecular complexity index is 615. The van der Waals surface area contributed by atoms with Crippen LogP contribution in [0.3, 0.4) is 0 Å². The monoisotopic (exact) mass is 348 g/mol. The van der Waals surface area contributed by atoms with Gasteiger partial charge in [-0.15, -0.1) is 0 Å². The molecule has 1 amide bonds. The van der Waals surface area contributed by atoms with Crippen molar-refractivity contribution in [2.75, 3.05) is 19.8 Å². The van der Waals surface area contributed by atoms with Crippen molar-refractivity contribution in [3.05, 3.63) is 23.9 Å². The van der Waals surface area contributed by atoms with Crippen LogP contribution in [0.2, 0.25) is 0 Å². The number of hydrogen-bond acceptors (Lipinski definition) is 5. The van der Waals surface area contributed by atoms with Gasteiger partial charge in [0.1, 0.15) is 6.10 Å². The quantitative estimate of drug-likeness (QED) is 0.877. The normalized spacial score (nSPS) is 21.8. The maximum atomic E-state index is 12.8. The van der Waals surface area contributed by atoms with Gasteiger partial charge in [-0.25, -0.2) is 4.98 Å². The second-order valence-electron chi connectivity index (χ2n) is 6.59. The molecule has 1 N–H and O–H groups in total. The van der Waals surface area contributed by atoms with Crippen LogP contribution in [-0.4, -0.2) is 58.8 Å². The van der Waals surface area contributed by atoms with Crippen molar-refractivity contribution in [3.8, 4) is 5.88 Å². The minimum Gasteiger partial charge on any atom is -0.481 e. The highest BCUT2D eigenvalue weighted by Crippen LogP contribution is 2.23. The minimum absolute atomic E-state index is 0.123. The van der Waals surface area contributed by atoms with E-state index in [2.05, 4.69) is 4.98 Å². The molecule has 2 fully saturated rings. The Kier molecular flexibility index (Phi) is 5.86. The van der Waals surface area contributed by atoms with Gasteiger partial charge in [0.2, 0.25) is 5.88 Å². The Balaban J connectivity index is 1.70. The van der Waals surface area contributed by atoms with Gasteiger partial charge in [-0.2, -0.15) is 0 Å². The first kappa shape index (κ1) is 17.7. The first-order valence-corrected chi connectivity index (χ1v) is 8.86. The van der Waals surface area contributed by atoms with Crippen LogP contribution in [0, 0.1) is 0 Å². The topological polar surface area (TPSA) is 89.0 Å². The van der Waals surface area contributed by atoms with Gasteiger partial charge < -0.3 is 19.5 Å². The number of amides is 1. The summed E-state index contributed by atoms with van der Waals surface area (Å²) in [4.78, 5) is 29.7. The molecule has 3 rings (SSSR count). The van der Waals surface area contributed by atoms with E-state index in [1.807, 2.05) is 0 Å². The molecule has 7 nitrogen and oxygen atoms in total. The molecule has 0 radical (unpaired) electrons. The fourth-order valence-corrected chi connectivity index (χ4v) is 3.42. The maximum absolute atomic E-state index is 12.8. The molecule has 1 saturated heterocycles. The Morgan fingerprint density at radius 2 is 2.12 bits per heavy atom. The molecule has 0 unspecified atom stereocenters. The number of carbonyl (C=O) groups excluding carboxylic acids is 1. The summed E-state index contributed by atoms with van der Waals surface area (Å²) in [7, 11) is 0. The van der Waals surface area contributed by atoms with Crippen LogP contribution in [0.5, 0.6) is 5.88 Å². The van der Waals surface area contributed by atoms with Gasteiger partial charge in [0.25, 0.3) is 5.91 Å². The lowest BCUT2D eigenvalue weighted by Gasteiger charge is -2.35. The van der Waals surface area contributed by atoms with Crippen LogP contribution in [0.25, 0.3) is 0 Å². The summed E-state index contributed by atoms with van der Waals surface area (Å²) in [5.41, 5.74) is 0.470. The molecule has 136 valence electrons. The first-order valence-electron chi connectivity index (χ1n) is 8.86. The summed E-state index contributed by atoms with van der Waals surface area (Å²) in [5.74, 6) is -0.685. The van der Waals surface area contributed by atoms with Crippen LogP contribution in [0.4, 0.5) is 0 Å². The SMILES string of the molecule is O=C(O)C[C@@H]1COCCN1C(=O)c1ccnc(OC2CCCCC2)c1. The zero-order valence-electron chi connectivity index (χ0n) is 14.2. The van der Waals surface area contributed by atoms with Gasteiger partial charge >= 0.3 is 5.97 Å². The van der Waals surface area contributed by atoms with Crippen molar-refractivity contribution in [3.63, 3.8) is 0 Å². The van der Waals surface area contributed by atoms with Crippen molar-refractivity contribution in [1.82, 2.24) is 9.88 Å². The van der Waals surface area contributed by atoms with E-state index < -0.39 is 12.0 Å². The number of carboxylic acids is 1. The average Bonchev–Trinajstić information content (AvgIpc) is 2.62. The molecule has 0 aromatic carbocycles. The lowest BCUT2D eigenvalue weighted by molar-refractivity contribution is -0.139. The van der Waals surface area contributed by atoms with Gasteiger partial charge in [-0.05, 0) is 31.7 Å². The van der Waals surface area contributed by atoms with E-state index in [4.69, 9.17) is 14.6 Å². The molecule has 0 spiro atoms. The number of carbonyl (C=O) groups is 2. The van der Waals surface area contributed by atoms with Crippen molar-refractivity contribution < 1.29 is 24.2 Å². The molecule has 0 bridgehead atoms. The number of rotatable bonds is 5. The molecule has 1 aromatic rings. The van der Waals surface area contributed by atoms with E-state index in [0.29, 0.717) is 24.6 Å². The predicted molar refractivity (Wildman–Crippen MR) is 89.6 cm³/mol. The maximum Gasteiger partial charge on any atom is 0.305 e. The summed E-state index contributed by atoms with van der Waals surface area (Å²) in [5, 5.41) is 9.04. The lowest BCUT2D eigenvalue weighted by Crippen LogP contribution is -2.49. The van der Waals surface area contributed by atoms with Gasteiger partial charge in [0, 0.05) is 24.4 Å². The molecule has 25 heavy (non-hydrogen) atoms. The highest BCUT2D eigenvalue weighted by molar-refractivity contribution is 5.95. The number of nitrogens with zero attached hydrogens (tertiary/aromatic N) is 2. The zero-order valence-corrected chi connectivity index (χ0v) is 14.2. The zero-order chi connectivity index (χ0) is 17.6. The summed E-state index contributed by atoms with van der Waals surface area (Å²) < 4.78 is 11.3. The van der Waals surface area contributed by atoms with E-state index in [-0.39, 0.29) is 25.0 Å². The predicted octanol–water partition coefficient (Wildman–Crippen LogP) is 2.11. The summed E-state index contributed by atoms with van der Waals surface area (Å²) in [6.45, 7) is 1.05.